The molecule has 2 heterocycles. The number of nitrogens with one attached hydrogen (secondary N) is 2. The summed E-state index contributed by atoms with van der Waals surface area (Å²) in [5, 5.41) is 5.92. The zero-order valence-corrected chi connectivity index (χ0v) is 12.7. The fourth-order valence-electron chi connectivity index (χ4n) is 2.93. The molecule has 1 aromatic rings. The van der Waals surface area contributed by atoms with Crippen LogP contribution >= 0.6 is 0 Å². The van der Waals surface area contributed by atoms with Gasteiger partial charge in [0.1, 0.15) is 0 Å². The van der Waals surface area contributed by atoms with Gasteiger partial charge in [0.2, 0.25) is 0 Å². The topological polar surface area (TPSA) is 64.7 Å². The van der Waals surface area contributed by atoms with E-state index in [9.17, 15) is 9.59 Å². The quantitative estimate of drug-likeness (QED) is 0.743. The molecule has 0 aliphatic carbocycles. The standard InChI is InChI=1S/C16H22N4O2/c21-15-16(22)20(11-7-18-15)14-3-1-2-13(12-14)4-8-19-9-5-17-6-10-19/h1-3,12,17H,4-11H2,(H,18,21). The van der Waals surface area contributed by atoms with Crippen molar-refractivity contribution in [3.63, 3.8) is 0 Å². The van der Waals surface area contributed by atoms with E-state index in [4.69, 9.17) is 0 Å². The molecule has 0 unspecified atom stereocenters. The molecule has 2 aliphatic heterocycles. The molecular weight excluding hydrogens is 280 g/mol. The van der Waals surface area contributed by atoms with E-state index in [-0.39, 0.29) is 0 Å². The van der Waals surface area contributed by atoms with Crippen LogP contribution in [0.1, 0.15) is 5.56 Å². The van der Waals surface area contributed by atoms with E-state index >= 15 is 0 Å². The highest BCUT2D eigenvalue weighted by Crippen LogP contribution is 2.18. The SMILES string of the molecule is O=C1NCCN(c2cccc(CCN3CCNCC3)c2)C1=O. The minimum Gasteiger partial charge on any atom is -0.346 e. The normalized spacial score (nSPS) is 20.1. The zero-order chi connectivity index (χ0) is 15.4. The highest BCUT2D eigenvalue weighted by molar-refractivity contribution is 6.41. The molecule has 6 nitrogen and oxygen atoms in total. The monoisotopic (exact) mass is 302 g/mol. The van der Waals surface area contributed by atoms with Crippen molar-refractivity contribution in [3.8, 4) is 0 Å². The molecule has 0 radical (unpaired) electrons. The maximum atomic E-state index is 11.9. The van der Waals surface area contributed by atoms with Crippen LogP contribution in [0.2, 0.25) is 0 Å². The van der Waals surface area contributed by atoms with Crippen LogP contribution in [-0.4, -0.2) is 62.5 Å². The molecule has 0 bridgehead atoms. The van der Waals surface area contributed by atoms with Crippen molar-refractivity contribution in [2.75, 3.05) is 50.7 Å². The van der Waals surface area contributed by atoms with Gasteiger partial charge in [-0.15, -0.1) is 0 Å². The molecule has 2 N–H and O–H groups in total. The fourth-order valence-corrected chi connectivity index (χ4v) is 2.93. The third kappa shape index (κ3) is 3.45. The van der Waals surface area contributed by atoms with Gasteiger partial charge in [-0.25, -0.2) is 0 Å². The molecule has 1 aromatic carbocycles. The van der Waals surface area contributed by atoms with Gasteiger partial charge in [-0.1, -0.05) is 12.1 Å². The molecule has 0 atom stereocenters. The van der Waals surface area contributed by atoms with E-state index in [0.717, 1.165) is 44.8 Å². The summed E-state index contributed by atoms with van der Waals surface area (Å²) in [5.74, 6) is -0.983. The van der Waals surface area contributed by atoms with Gasteiger partial charge in [-0.3, -0.25) is 9.59 Å². The van der Waals surface area contributed by atoms with Crippen molar-refractivity contribution in [1.29, 1.82) is 0 Å². The minimum atomic E-state index is -0.516. The minimum absolute atomic E-state index is 0.467. The van der Waals surface area contributed by atoms with Gasteiger partial charge in [0, 0.05) is 51.5 Å². The Kier molecular flexibility index (Phi) is 4.70. The van der Waals surface area contributed by atoms with Crippen molar-refractivity contribution >= 4 is 17.5 Å². The van der Waals surface area contributed by atoms with E-state index in [1.54, 1.807) is 4.90 Å². The first-order valence-electron chi connectivity index (χ1n) is 7.86. The van der Waals surface area contributed by atoms with Gasteiger partial charge >= 0.3 is 11.8 Å². The summed E-state index contributed by atoms with van der Waals surface area (Å²) in [6, 6.07) is 7.96. The fraction of sp³-hybridized carbons (Fsp3) is 0.500. The summed E-state index contributed by atoms with van der Waals surface area (Å²) in [5.41, 5.74) is 2.02. The van der Waals surface area contributed by atoms with Crippen molar-refractivity contribution in [2.45, 2.75) is 6.42 Å². The highest BCUT2D eigenvalue weighted by atomic mass is 16.2. The Hall–Kier alpha value is -1.92. The predicted molar refractivity (Wildman–Crippen MR) is 84.8 cm³/mol. The maximum Gasteiger partial charge on any atom is 0.316 e. The van der Waals surface area contributed by atoms with Crippen LogP contribution in [0.5, 0.6) is 0 Å². The van der Waals surface area contributed by atoms with Gasteiger partial charge in [-0.2, -0.15) is 0 Å². The number of nitrogens with zero attached hydrogens (tertiary/aromatic N) is 2. The molecule has 22 heavy (non-hydrogen) atoms. The van der Waals surface area contributed by atoms with Crippen LogP contribution in [-0.2, 0) is 16.0 Å². The van der Waals surface area contributed by atoms with Crippen LogP contribution in [0, 0.1) is 0 Å². The highest BCUT2D eigenvalue weighted by Gasteiger charge is 2.27. The van der Waals surface area contributed by atoms with Crippen molar-refractivity contribution in [3.05, 3.63) is 29.8 Å². The van der Waals surface area contributed by atoms with E-state index < -0.39 is 11.8 Å². The predicted octanol–water partition coefficient (Wildman–Crippen LogP) is -0.403. The Morgan fingerprint density at radius 3 is 2.68 bits per heavy atom. The van der Waals surface area contributed by atoms with Crippen LogP contribution in [0.15, 0.2) is 24.3 Å². The Morgan fingerprint density at radius 2 is 1.86 bits per heavy atom. The number of hydrogen-bond donors (Lipinski definition) is 2. The number of piperazine rings is 2. The zero-order valence-electron chi connectivity index (χ0n) is 12.7. The summed E-state index contributed by atoms with van der Waals surface area (Å²) >= 11 is 0. The third-order valence-electron chi connectivity index (χ3n) is 4.21. The van der Waals surface area contributed by atoms with Gasteiger partial charge in [0.05, 0.1) is 0 Å². The van der Waals surface area contributed by atoms with Crippen LogP contribution in [0.25, 0.3) is 0 Å². The lowest BCUT2D eigenvalue weighted by Gasteiger charge is -2.28. The van der Waals surface area contributed by atoms with E-state index in [2.05, 4.69) is 21.6 Å². The molecular formula is C16H22N4O2. The largest absolute Gasteiger partial charge is 0.346 e. The maximum absolute atomic E-state index is 11.9. The second-order valence-corrected chi connectivity index (χ2v) is 5.72. The molecule has 2 aliphatic rings. The Balaban J connectivity index is 1.64. The second kappa shape index (κ2) is 6.89. The lowest BCUT2D eigenvalue weighted by atomic mass is 10.1. The number of anilines is 1. The van der Waals surface area contributed by atoms with Gasteiger partial charge < -0.3 is 20.4 Å². The van der Waals surface area contributed by atoms with E-state index in [1.807, 2.05) is 18.2 Å². The second-order valence-electron chi connectivity index (χ2n) is 5.72. The third-order valence-corrected chi connectivity index (χ3v) is 4.21. The number of rotatable bonds is 4. The lowest BCUT2D eigenvalue weighted by Crippen LogP contribution is -2.52. The summed E-state index contributed by atoms with van der Waals surface area (Å²) in [7, 11) is 0. The molecule has 2 fully saturated rings. The Labute approximate surface area is 130 Å². The lowest BCUT2D eigenvalue weighted by molar-refractivity contribution is -0.138. The summed E-state index contributed by atoms with van der Waals surface area (Å²) in [4.78, 5) is 27.4. The smallest absolute Gasteiger partial charge is 0.316 e. The molecule has 3 rings (SSSR count). The average Bonchev–Trinajstić information content (AvgIpc) is 2.57. The van der Waals surface area contributed by atoms with Gasteiger partial charge in [0.15, 0.2) is 0 Å². The van der Waals surface area contributed by atoms with E-state index in [0.29, 0.717) is 13.1 Å². The molecule has 6 heteroatoms. The van der Waals surface area contributed by atoms with Crippen LogP contribution in [0.3, 0.4) is 0 Å². The summed E-state index contributed by atoms with van der Waals surface area (Å²) in [6.07, 6.45) is 0.960. The van der Waals surface area contributed by atoms with Crippen LogP contribution < -0.4 is 15.5 Å². The number of benzene rings is 1. The van der Waals surface area contributed by atoms with E-state index in [1.165, 1.54) is 5.56 Å². The summed E-state index contributed by atoms with van der Waals surface area (Å²) < 4.78 is 0. The average molecular weight is 302 g/mol. The first kappa shape index (κ1) is 15.0. The summed E-state index contributed by atoms with van der Waals surface area (Å²) in [6.45, 7) is 6.35. The molecule has 2 saturated heterocycles. The van der Waals surface area contributed by atoms with Crippen LogP contribution in [0.4, 0.5) is 5.69 Å². The molecule has 0 saturated carbocycles. The molecule has 0 spiro atoms. The van der Waals surface area contributed by atoms with Crippen molar-refractivity contribution < 1.29 is 9.59 Å². The van der Waals surface area contributed by atoms with Gasteiger partial charge in [0.25, 0.3) is 0 Å². The first-order valence-corrected chi connectivity index (χ1v) is 7.86. The number of amides is 2. The van der Waals surface area contributed by atoms with Crippen molar-refractivity contribution in [1.82, 2.24) is 15.5 Å². The van der Waals surface area contributed by atoms with Crippen molar-refractivity contribution in [2.24, 2.45) is 0 Å². The van der Waals surface area contributed by atoms with Gasteiger partial charge in [-0.05, 0) is 24.1 Å². The number of carbonyl (C=O) groups is 2. The number of hydrogen-bond acceptors (Lipinski definition) is 4. The Bertz CT molecular complexity index is 555. The Morgan fingerprint density at radius 1 is 1.05 bits per heavy atom. The number of carbonyl (C=O) groups excluding carboxylic acids is 2. The molecule has 0 aromatic heterocycles. The molecule has 118 valence electrons. The molecule has 2 amide bonds. The first-order chi connectivity index (χ1) is 10.7.